The Balaban J connectivity index is 2.12. The summed E-state index contributed by atoms with van der Waals surface area (Å²) in [6, 6.07) is 10.2. The third kappa shape index (κ3) is 5.20. The quantitative estimate of drug-likeness (QED) is 0.753. The lowest BCUT2D eigenvalue weighted by Gasteiger charge is -2.14. The van der Waals surface area contributed by atoms with Crippen LogP contribution in [0.3, 0.4) is 0 Å². The van der Waals surface area contributed by atoms with Gasteiger partial charge in [-0.25, -0.2) is 13.2 Å². The molecule has 1 N–H and O–H groups in total. The molecule has 0 heterocycles. The van der Waals surface area contributed by atoms with Gasteiger partial charge in [-0.05, 0) is 43.3 Å². The van der Waals surface area contributed by atoms with Gasteiger partial charge in [-0.15, -0.1) is 0 Å². The van der Waals surface area contributed by atoms with Crippen LogP contribution in [0.15, 0.2) is 47.4 Å². The average Bonchev–Trinajstić information content (AvgIpc) is 2.53. The number of rotatable bonds is 5. The minimum Gasteiger partial charge on any atom is -0.449 e. The minimum absolute atomic E-state index is 0.0184. The Morgan fingerprint density at radius 3 is 2.42 bits per heavy atom. The fraction of sp³-hybridized carbons (Fsp3) is 0.176. The van der Waals surface area contributed by atoms with Gasteiger partial charge >= 0.3 is 5.97 Å². The van der Waals surface area contributed by atoms with E-state index >= 15 is 0 Å². The molecule has 9 heteroatoms. The zero-order valence-electron chi connectivity index (χ0n) is 13.8. The van der Waals surface area contributed by atoms with E-state index in [2.05, 4.69) is 5.32 Å². The SMILES string of the molecule is C[C@H](OC(=O)c1cc(S(C)(=O)=O)ccc1Cl)C(=O)Nc1cccc(Cl)c1. The fourth-order valence-corrected chi connectivity index (χ4v) is 3.01. The number of anilines is 1. The summed E-state index contributed by atoms with van der Waals surface area (Å²) in [7, 11) is -3.52. The molecule has 0 saturated heterocycles. The molecule has 6 nitrogen and oxygen atoms in total. The third-order valence-corrected chi connectivity index (χ3v) is 5.01. The van der Waals surface area contributed by atoms with Gasteiger partial charge in [-0.2, -0.15) is 0 Å². The molecule has 26 heavy (non-hydrogen) atoms. The van der Waals surface area contributed by atoms with E-state index in [0.717, 1.165) is 12.3 Å². The Kier molecular flexibility index (Phi) is 6.28. The molecule has 0 fully saturated rings. The molecule has 0 bridgehead atoms. The van der Waals surface area contributed by atoms with Crippen LogP contribution < -0.4 is 5.32 Å². The lowest BCUT2D eigenvalue weighted by atomic mass is 10.2. The molecule has 2 aromatic carbocycles. The van der Waals surface area contributed by atoms with Crippen molar-refractivity contribution in [1.29, 1.82) is 0 Å². The second kappa shape index (κ2) is 8.07. The van der Waals surface area contributed by atoms with E-state index in [9.17, 15) is 18.0 Å². The number of carbonyl (C=O) groups is 2. The molecule has 0 saturated carbocycles. The summed E-state index contributed by atoms with van der Waals surface area (Å²) < 4.78 is 28.3. The predicted octanol–water partition coefficient (Wildman–Crippen LogP) is 3.58. The molecule has 0 spiro atoms. The van der Waals surface area contributed by atoms with Crippen molar-refractivity contribution >= 4 is 50.6 Å². The largest absolute Gasteiger partial charge is 0.449 e. The number of ether oxygens (including phenoxy) is 1. The second-order valence-electron chi connectivity index (χ2n) is 5.46. The highest BCUT2D eigenvalue weighted by atomic mass is 35.5. The number of esters is 1. The van der Waals surface area contributed by atoms with Gasteiger partial charge in [0.1, 0.15) is 0 Å². The normalized spacial score (nSPS) is 12.3. The number of amides is 1. The number of hydrogen-bond donors (Lipinski definition) is 1. The Morgan fingerprint density at radius 1 is 1.12 bits per heavy atom. The van der Waals surface area contributed by atoms with E-state index in [1.54, 1.807) is 24.3 Å². The number of carbonyl (C=O) groups excluding carboxylic acids is 2. The standard InChI is InChI=1S/C17H15Cl2NO5S/c1-10(16(21)20-12-5-3-4-11(18)8-12)25-17(22)14-9-13(26(2,23)24)6-7-15(14)19/h3-10H,1-2H3,(H,20,21)/t10-/m0/s1. The van der Waals surface area contributed by atoms with Gasteiger partial charge in [0.25, 0.3) is 5.91 Å². The lowest BCUT2D eigenvalue weighted by molar-refractivity contribution is -0.123. The monoisotopic (exact) mass is 415 g/mol. The number of benzene rings is 2. The summed E-state index contributed by atoms with van der Waals surface area (Å²) >= 11 is 11.8. The van der Waals surface area contributed by atoms with Crippen LogP contribution in [0, 0.1) is 0 Å². The van der Waals surface area contributed by atoms with Crippen LogP contribution in [0.2, 0.25) is 10.0 Å². The van der Waals surface area contributed by atoms with E-state index in [-0.39, 0.29) is 15.5 Å². The zero-order valence-corrected chi connectivity index (χ0v) is 16.2. The van der Waals surface area contributed by atoms with Crippen molar-refractivity contribution in [3.05, 3.63) is 58.1 Å². The van der Waals surface area contributed by atoms with Crippen LogP contribution in [0.25, 0.3) is 0 Å². The fourth-order valence-electron chi connectivity index (χ4n) is 1.98. The Bertz CT molecular complexity index is 959. The van der Waals surface area contributed by atoms with Crippen molar-refractivity contribution in [2.45, 2.75) is 17.9 Å². The molecule has 0 aliphatic carbocycles. The summed E-state index contributed by atoms with van der Waals surface area (Å²) in [6.45, 7) is 1.38. The summed E-state index contributed by atoms with van der Waals surface area (Å²) in [5.74, 6) is -1.48. The molecule has 2 rings (SSSR count). The van der Waals surface area contributed by atoms with Crippen LogP contribution in [-0.4, -0.2) is 32.7 Å². The third-order valence-electron chi connectivity index (χ3n) is 3.33. The van der Waals surface area contributed by atoms with Crippen molar-refractivity contribution in [2.24, 2.45) is 0 Å². The zero-order chi connectivity index (χ0) is 19.5. The summed E-state index contributed by atoms with van der Waals surface area (Å²) in [4.78, 5) is 24.3. The Labute approximate surface area is 161 Å². The van der Waals surface area contributed by atoms with Crippen LogP contribution in [0.1, 0.15) is 17.3 Å². The molecule has 1 amide bonds. The van der Waals surface area contributed by atoms with Gasteiger partial charge in [-0.1, -0.05) is 29.3 Å². The number of halogens is 2. The maximum atomic E-state index is 12.3. The smallest absolute Gasteiger partial charge is 0.340 e. The topological polar surface area (TPSA) is 89.5 Å². The number of hydrogen-bond acceptors (Lipinski definition) is 5. The van der Waals surface area contributed by atoms with Crippen LogP contribution in [0.5, 0.6) is 0 Å². The van der Waals surface area contributed by atoms with Gasteiger partial charge in [0.15, 0.2) is 15.9 Å². The maximum Gasteiger partial charge on any atom is 0.340 e. The van der Waals surface area contributed by atoms with Crippen molar-refractivity contribution in [2.75, 3.05) is 11.6 Å². The minimum atomic E-state index is -3.52. The van der Waals surface area contributed by atoms with E-state index in [0.29, 0.717) is 10.7 Å². The number of sulfone groups is 1. The van der Waals surface area contributed by atoms with Gasteiger partial charge in [0.2, 0.25) is 0 Å². The molecule has 0 unspecified atom stereocenters. The highest BCUT2D eigenvalue weighted by Crippen LogP contribution is 2.22. The van der Waals surface area contributed by atoms with Gasteiger partial charge in [-0.3, -0.25) is 4.79 Å². The first-order valence-electron chi connectivity index (χ1n) is 7.35. The highest BCUT2D eigenvalue weighted by Gasteiger charge is 2.22. The first-order chi connectivity index (χ1) is 12.1. The number of nitrogens with one attached hydrogen (secondary N) is 1. The van der Waals surface area contributed by atoms with E-state index in [4.69, 9.17) is 27.9 Å². The van der Waals surface area contributed by atoms with Gasteiger partial charge in [0.05, 0.1) is 15.5 Å². The molecular weight excluding hydrogens is 401 g/mol. The average molecular weight is 416 g/mol. The molecule has 0 radical (unpaired) electrons. The summed E-state index contributed by atoms with van der Waals surface area (Å²) in [6.07, 6.45) is -0.133. The second-order valence-corrected chi connectivity index (χ2v) is 8.32. The maximum absolute atomic E-state index is 12.3. The van der Waals surface area contributed by atoms with E-state index < -0.39 is 27.8 Å². The summed E-state index contributed by atoms with van der Waals surface area (Å²) in [5.41, 5.74) is 0.305. The van der Waals surface area contributed by atoms with E-state index in [1.807, 2.05) is 0 Å². The molecule has 138 valence electrons. The molecule has 1 atom stereocenters. The van der Waals surface area contributed by atoms with Gasteiger partial charge < -0.3 is 10.1 Å². The van der Waals surface area contributed by atoms with Crippen molar-refractivity contribution in [1.82, 2.24) is 0 Å². The Hall–Kier alpha value is -2.09. The molecule has 0 aromatic heterocycles. The first kappa shape index (κ1) is 20.2. The highest BCUT2D eigenvalue weighted by molar-refractivity contribution is 7.90. The summed E-state index contributed by atoms with van der Waals surface area (Å²) in [5, 5.41) is 3.02. The lowest BCUT2D eigenvalue weighted by Crippen LogP contribution is -2.30. The molecule has 0 aliphatic heterocycles. The first-order valence-corrected chi connectivity index (χ1v) is 9.99. The van der Waals surface area contributed by atoms with Gasteiger partial charge in [0, 0.05) is 17.0 Å². The van der Waals surface area contributed by atoms with Crippen LogP contribution in [-0.2, 0) is 19.4 Å². The van der Waals surface area contributed by atoms with E-state index in [1.165, 1.54) is 19.1 Å². The molecular formula is C17H15Cl2NO5S. The molecule has 2 aromatic rings. The van der Waals surface area contributed by atoms with Crippen molar-refractivity contribution < 1.29 is 22.7 Å². The molecule has 0 aliphatic rings. The van der Waals surface area contributed by atoms with Crippen molar-refractivity contribution in [3.63, 3.8) is 0 Å². The van der Waals surface area contributed by atoms with Crippen molar-refractivity contribution in [3.8, 4) is 0 Å². The predicted molar refractivity (Wildman–Crippen MR) is 99.5 cm³/mol. The van der Waals surface area contributed by atoms with Crippen LogP contribution >= 0.6 is 23.2 Å². The van der Waals surface area contributed by atoms with Crippen LogP contribution in [0.4, 0.5) is 5.69 Å². The Morgan fingerprint density at radius 2 is 1.81 bits per heavy atom.